The van der Waals surface area contributed by atoms with Crippen LogP contribution in [-0.2, 0) is 9.59 Å². The fourth-order valence-corrected chi connectivity index (χ4v) is 0.571. The highest BCUT2D eigenvalue weighted by Gasteiger charge is 2.24. The SMILES string of the molecule is [3H]C1CC(=O)N(C)C1=O. The van der Waals surface area contributed by atoms with Gasteiger partial charge in [-0.25, -0.2) is 0 Å². The highest BCUT2D eigenvalue weighted by Crippen LogP contribution is 2.07. The quantitative estimate of drug-likeness (QED) is 0.409. The first-order valence-electron chi connectivity index (χ1n) is 2.93. The van der Waals surface area contributed by atoms with Crippen molar-refractivity contribution in [2.75, 3.05) is 7.05 Å². The maximum Gasteiger partial charge on any atom is 0.229 e. The second-order valence-electron chi connectivity index (χ2n) is 1.70. The highest BCUT2D eigenvalue weighted by atomic mass is 16.2. The molecule has 1 heterocycles. The molecule has 2 amide bonds. The summed E-state index contributed by atoms with van der Waals surface area (Å²) in [5, 5.41) is 0. The summed E-state index contributed by atoms with van der Waals surface area (Å²) in [6.07, 6.45) is -0.794. The van der Waals surface area contributed by atoms with Crippen molar-refractivity contribution in [3.05, 3.63) is 0 Å². The van der Waals surface area contributed by atoms with Crippen molar-refractivity contribution in [1.82, 2.24) is 4.90 Å². The Hall–Kier alpha value is -0.860. The predicted octanol–water partition coefficient (Wildman–Crippen LogP) is -0.235. The van der Waals surface area contributed by atoms with E-state index < -0.39 is 6.40 Å². The zero-order chi connectivity index (χ0) is 7.02. The average Bonchev–Trinajstić information content (AvgIpc) is 1.98. The van der Waals surface area contributed by atoms with Crippen LogP contribution in [0.2, 0.25) is 0 Å². The molecule has 1 fully saturated rings. The molecule has 0 aromatic carbocycles. The van der Waals surface area contributed by atoms with Crippen LogP contribution in [0.3, 0.4) is 0 Å². The monoisotopic (exact) mass is 115 g/mol. The van der Waals surface area contributed by atoms with Gasteiger partial charge in [0.15, 0.2) is 0 Å². The lowest BCUT2D eigenvalue weighted by atomic mass is 10.4. The van der Waals surface area contributed by atoms with Crippen LogP contribution in [0.25, 0.3) is 0 Å². The largest absolute Gasteiger partial charge is 0.286 e. The molecule has 1 unspecified atom stereocenters. The molecule has 1 saturated heterocycles. The molecule has 0 N–H and O–H groups in total. The minimum Gasteiger partial charge on any atom is -0.286 e. The molecule has 8 heavy (non-hydrogen) atoms. The molecule has 3 heteroatoms. The molecule has 44 valence electrons. The third kappa shape index (κ3) is 0.598. The molecule has 0 bridgehead atoms. The Kier molecular flexibility index (Phi) is 0.801. The molecule has 0 aliphatic carbocycles. The van der Waals surface area contributed by atoms with Gasteiger partial charge in [-0.05, 0) is 0 Å². The maximum atomic E-state index is 10.6. The molecule has 0 aromatic heterocycles. The van der Waals surface area contributed by atoms with Gasteiger partial charge in [0.1, 0.15) is 0 Å². The molecule has 1 atom stereocenters. The molecule has 0 spiro atoms. The number of rotatable bonds is 0. The van der Waals surface area contributed by atoms with Crippen LogP contribution >= 0.6 is 0 Å². The number of hydrogen-bond acceptors (Lipinski definition) is 2. The van der Waals surface area contributed by atoms with E-state index >= 15 is 0 Å². The molecule has 1 aliphatic rings. The van der Waals surface area contributed by atoms with Crippen LogP contribution in [0.15, 0.2) is 0 Å². The van der Waals surface area contributed by atoms with Crippen LogP contribution in [0.5, 0.6) is 0 Å². The first kappa shape index (κ1) is 4.06. The maximum absolute atomic E-state index is 10.6. The molecular formula is C5H7NO2. The van der Waals surface area contributed by atoms with E-state index in [2.05, 4.69) is 0 Å². The zero-order valence-electron chi connectivity index (χ0n) is 5.55. The Bertz CT molecular complexity index is 168. The van der Waals surface area contributed by atoms with Crippen molar-refractivity contribution in [3.63, 3.8) is 0 Å². The Morgan fingerprint density at radius 3 is 2.38 bits per heavy atom. The Morgan fingerprint density at radius 1 is 1.62 bits per heavy atom. The van der Waals surface area contributed by atoms with Crippen molar-refractivity contribution in [2.24, 2.45) is 0 Å². The average molecular weight is 115 g/mol. The van der Waals surface area contributed by atoms with Crippen LogP contribution in [-0.4, -0.2) is 23.8 Å². The van der Waals surface area contributed by atoms with Gasteiger partial charge in [-0.2, -0.15) is 0 Å². The number of carbonyl (C=O) groups is 2. The summed E-state index contributed by atoms with van der Waals surface area (Å²) < 4.78 is 6.99. The van der Waals surface area contributed by atoms with Crippen molar-refractivity contribution in [1.29, 1.82) is 0 Å². The van der Waals surface area contributed by atoms with E-state index in [1.807, 2.05) is 0 Å². The van der Waals surface area contributed by atoms with Gasteiger partial charge in [0.25, 0.3) is 0 Å². The summed E-state index contributed by atoms with van der Waals surface area (Å²) in [6.45, 7) is 0. The van der Waals surface area contributed by atoms with Gasteiger partial charge in [0, 0.05) is 21.2 Å². The predicted molar refractivity (Wildman–Crippen MR) is 27.0 cm³/mol. The van der Waals surface area contributed by atoms with Crippen LogP contribution in [0, 0.1) is 0 Å². The van der Waals surface area contributed by atoms with Gasteiger partial charge in [-0.3, -0.25) is 14.5 Å². The Morgan fingerprint density at radius 2 is 2.25 bits per heavy atom. The third-order valence-electron chi connectivity index (χ3n) is 1.16. The van der Waals surface area contributed by atoms with Gasteiger partial charge in [-0.1, -0.05) is 0 Å². The number of imide groups is 1. The summed E-state index contributed by atoms with van der Waals surface area (Å²) in [7, 11) is 1.40. The molecule has 0 radical (unpaired) electrons. The number of amides is 2. The summed E-state index contributed by atoms with van der Waals surface area (Å²) >= 11 is 0. The Balaban J connectivity index is 2.77. The van der Waals surface area contributed by atoms with Crippen molar-refractivity contribution in [2.45, 2.75) is 12.8 Å². The highest BCUT2D eigenvalue weighted by molar-refractivity contribution is 6.01. The minimum atomic E-state index is -0.845. The van der Waals surface area contributed by atoms with E-state index in [-0.39, 0.29) is 18.2 Å². The molecule has 3 nitrogen and oxygen atoms in total. The van der Waals surface area contributed by atoms with Crippen molar-refractivity contribution in [3.8, 4) is 0 Å². The van der Waals surface area contributed by atoms with E-state index in [9.17, 15) is 9.59 Å². The van der Waals surface area contributed by atoms with Gasteiger partial charge in [0.05, 0.1) is 0 Å². The number of nitrogens with zero attached hydrogens (tertiary/aromatic N) is 1. The zero-order valence-corrected chi connectivity index (χ0v) is 4.55. The standard InChI is InChI=1S/C5H7NO2/c1-6-4(7)2-3-5(6)8/h2-3H2,1H3/i2T. The van der Waals surface area contributed by atoms with Crippen molar-refractivity contribution >= 4 is 11.8 Å². The minimum absolute atomic E-state index is 0.0509. The van der Waals surface area contributed by atoms with E-state index in [1.165, 1.54) is 7.05 Å². The van der Waals surface area contributed by atoms with E-state index in [4.69, 9.17) is 1.37 Å². The molecule has 0 saturated carbocycles. The lowest BCUT2D eigenvalue weighted by Gasteiger charge is -2.01. The fourth-order valence-electron chi connectivity index (χ4n) is 0.571. The van der Waals surface area contributed by atoms with Crippen molar-refractivity contribution < 1.29 is 11.0 Å². The molecule has 1 aliphatic heterocycles. The lowest BCUT2D eigenvalue weighted by molar-refractivity contribution is -0.136. The molecular weight excluding hydrogens is 106 g/mol. The lowest BCUT2D eigenvalue weighted by Crippen LogP contribution is -2.23. The first-order chi connectivity index (χ1) is 4.13. The second kappa shape index (κ2) is 1.58. The van der Waals surface area contributed by atoms with E-state index in [0.29, 0.717) is 0 Å². The van der Waals surface area contributed by atoms with E-state index in [0.717, 1.165) is 4.90 Å². The topological polar surface area (TPSA) is 37.4 Å². The smallest absolute Gasteiger partial charge is 0.229 e. The third-order valence-corrected chi connectivity index (χ3v) is 1.16. The van der Waals surface area contributed by atoms with Crippen LogP contribution < -0.4 is 0 Å². The van der Waals surface area contributed by atoms with Gasteiger partial charge in [-0.15, -0.1) is 0 Å². The second-order valence-corrected chi connectivity index (χ2v) is 1.70. The number of carbonyl (C=O) groups excluding carboxylic acids is 2. The summed E-state index contributed by atoms with van der Waals surface area (Å²) in [6, 6.07) is 0. The van der Waals surface area contributed by atoms with Gasteiger partial charge >= 0.3 is 0 Å². The molecule has 0 aromatic rings. The first-order valence-corrected chi connectivity index (χ1v) is 2.35. The Labute approximate surface area is 48.7 Å². The van der Waals surface area contributed by atoms with Gasteiger partial charge in [0.2, 0.25) is 11.8 Å². The molecule has 1 rings (SSSR count). The summed E-state index contributed by atoms with van der Waals surface area (Å²) in [5.74, 6) is -0.639. The summed E-state index contributed by atoms with van der Waals surface area (Å²) in [5.41, 5.74) is 0. The normalized spacial score (nSPS) is 31.4. The van der Waals surface area contributed by atoms with Crippen LogP contribution in [0.4, 0.5) is 0 Å². The number of hydrogen-bond donors (Lipinski definition) is 0. The van der Waals surface area contributed by atoms with E-state index in [1.54, 1.807) is 0 Å². The fraction of sp³-hybridized carbons (Fsp3) is 0.600. The number of likely N-dealkylation sites (tertiary alicyclic amines) is 1. The van der Waals surface area contributed by atoms with Crippen LogP contribution in [0.1, 0.15) is 14.2 Å². The summed E-state index contributed by atoms with van der Waals surface area (Å²) in [4.78, 5) is 22.2. The van der Waals surface area contributed by atoms with Gasteiger partial charge < -0.3 is 0 Å².